The molecule has 30 heavy (non-hydrogen) atoms. The number of amides is 1. The number of anilines is 1. The van der Waals surface area contributed by atoms with Gasteiger partial charge in [0.1, 0.15) is 17.4 Å². The molecule has 150 valence electrons. The summed E-state index contributed by atoms with van der Waals surface area (Å²) in [5.41, 5.74) is 1.05. The van der Waals surface area contributed by atoms with E-state index in [2.05, 4.69) is 5.32 Å². The number of nitrogens with zero attached hydrogens (tertiary/aromatic N) is 1. The van der Waals surface area contributed by atoms with Crippen molar-refractivity contribution in [3.05, 3.63) is 77.9 Å². The maximum absolute atomic E-state index is 12.2. The van der Waals surface area contributed by atoms with Crippen molar-refractivity contribution in [2.75, 3.05) is 18.5 Å². The minimum Gasteiger partial charge on any atom is -0.494 e. The average Bonchev–Trinajstić information content (AvgIpc) is 2.77. The zero-order chi connectivity index (χ0) is 21.3. The molecule has 0 bridgehead atoms. The van der Waals surface area contributed by atoms with Crippen LogP contribution >= 0.6 is 0 Å². The summed E-state index contributed by atoms with van der Waals surface area (Å²) in [5.74, 6) is -0.655. The number of fused-ring (bicyclic) bond motifs is 1. The van der Waals surface area contributed by atoms with Crippen molar-refractivity contribution in [2.45, 2.75) is 6.92 Å². The first-order chi connectivity index (χ1) is 14.6. The Hall–Kier alpha value is -4.11. The SMILES string of the molecule is CCOc1ccc(/C=C(\C#N)C(=O)OCC(=O)Nc2ccc3ccccc3c2)cc1. The molecule has 0 heterocycles. The summed E-state index contributed by atoms with van der Waals surface area (Å²) >= 11 is 0. The van der Waals surface area contributed by atoms with E-state index < -0.39 is 18.5 Å². The summed E-state index contributed by atoms with van der Waals surface area (Å²) in [6, 6.07) is 22.0. The van der Waals surface area contributed by atoms with E-state index in [1.54, 1.807) is 30.3 Å². The summed E-state index contributed by atoms with van der Waals surface area (Å²) in [4.78, 5) is 24.3. The standard InChI is InChI=1S/C24H20N2O4/c1-2-29-22-11-7-17(8-12-22)13-20(15-25)24(28)30-16-23(27)26-21-10-9-18-5-3-4-6-19(18)14-21/h3-14H,2,16H2,1H3,(H,26,27)/b20-13+. The van der Waals surface area contributed by atoms with Gasteiger partial charge in [0.2, 0.25) is 0 Å². The number of carbonyl (C=O) groups excluding carboxylic acids is 2. The highest BCUT2D eigenvalue weighted by atomic mass is 16.5. The van der Waals surface area contributed by atoms with Crippen LogP contribution in [0.25, 0.3) is 16.8 Å². The Morgan fingerprint density at radius 2 is 1.77 bits per heavy atom. The van der Waals surface area contributed by atoms with Gasteiger partial charge in [-0.25, -0.2) is 4.79 Å². The Kier molecular flexibility index (Phi) is 6.80. The van der Waals surface area contributed by atoms with Crippen molar-refractivity contribution < 1.29 is 19.1 Å². The summed E-state index contributed by atoms with van der Waals surface area (Å²) in [6.45, 7) is 1.94. The summed E-state index contributed by atoms with van der Waals surface area (Å²) in [5, 5.41) is 14.0. The molecular weight excluding hydrogens is 380 g/mol. The van der Waals surface area contributed by atoms with Gasteiger partial charge in [0.15, 0.2) is 6.61 Å². The molecule has 0 saturated carbocycles. The Labute approximate surface area is 174 Å². The van der Waals surface area contributed by atoms with E-state index in [0.29, 0.717) is 23.6 Å². The van der Waals surface area contributed by atoms with Gasteiger partial charge in [-0.3, -0.25) is 4.79 Å². The van der Waals surface area contributed by atoms with E-state index in [1.807, 2.05) is 49.4 Å². The quantitative estimate of drug-likeness (QED) is 0.362. The molecule has 1 amide bonds. The minimum atomic E-state index is -0.861. The summed E-state index contributed by atoms with van der Waals surface area (Å²) in [6.07, 6.45) is 1.40. The van der Waals surface area contributed by atoms with E-state index in [9.17, 15) is 14.9 Å². The Morgan fingerprint density at radius 3 is 2.47 bits per heavy atom. The zero-order valence-corrected chi connectivity index (χ0v) is 16.4. The third-order valence-electron chi connectivity index (χ3n) is 4.21. The monoisotopic (exact) mass is 400 g/mol. The van der Waals surface area contributed by atoms with Gasteiger partial charge in [0.25, 0.3) is 5.91 Å². The maximum atomic E-state index is 12.2. The fraction of sp³-hybridized carbons (Fsp3) is 0.125. The molecule has 0 spiro atoms. The van der Waals surface area contributed by atoms with Crippen LogP contribution in [0.15, 0.2) is 72.3 Å². The van der Waals surface area contributed by atoms with Crippen molar-refractivity contribution in [1.29, 1.82) is 5.26 Å². The normalized spacial score (nSPS) is 10.9. The van der Waals surface area contributed by atoms with E-state index in [0.717, 1.165) is 10.8 Å². The lowest BCUT2D eigenvalue weighted by atomic mass is 10.1. The van der Waals surface area contributed by atoms with Crippen LogP contribution in [0.4, 0.5) is 5.69 Å². The lowest BCUT2D eigenvalue weighted by Gasteiger charge is -2.07. The maximum Gasteiger partial charge on any atom is 0.349 e. The van der Waals surface area contributed by atoms with E-state index in [4.69, 9.17) is 9.47 Å². The van der Waals surface area contributed by atoms with Gasteiger partial charge in [0.05, 0.1) is 6.61 Å². The highest BCUT2D eigenvalue weighted by Crippen LogP contribution is 2.19. The molecule has 3 aromatic rings. The van der Waals surface area contributed by atoms with Gasteiger partial charge in [-0.1, -0.05) is 42.5 Å². The predicted molar refractivity (Wildman–Crippen MR) is 115 cm³/mol. The molecule has 6 nitrogen and oxygen atoms in total. The second-order valence-electron chi connectivity index (χ2n) is 6.36. The molecule has 3 rings (SSSR count). The van der Waals surface area contributed by atoms with Crippen LogP contribution < -0.4 is 10.1 Å². The van der Waals surface area contributed by atoms with Crippen LogP contribution in [-0.4, -0.2) is 25.1 Å². The molecule has 0 radical (unpaired) electrons. The Morgan fingerprint density at radius 1 is 1.03 bits per heavy atom. The van der Waals surface area contributed by atoms with Gasteiger partial charge < -0.3 is 14.8 Å². The van der Waals surface area contributed by atoms with Gasteiger partial charge in [-0.2, -0.15) is 5.26 Å². The van der Waals surface area contributed by atoms with Crippen molar-refractivity contribution in [3.63, 3.8) is 0 Å². The van der Waals surface area contributed by atoms with E-state index >= 15 is 0 Å². The number of hydrogen-bond donors (Lipinski definition) is 1. The van der Waals surface area contributed by atoms with Crippen LogP contribution in [0.2, 0.25) is 0 Å². The van der Waals surface area contributed by atoms with Gasteiger partial charge in [-0.15, -0.1) is 0 Å². The molecular formula is C24H20N2O4. The number of esters is 1. The predicted octanol–water partition coefficient (Wildman–Crippen LogP) is 4.33. The highest BCUT2D eigenvalue weighted by molar-refractivity contribution is 6.00. The highest BCUT2D eigenvalue weighted by Gasteiger charge is 2.13. The van der Waals surface area contributed by atoms with Crippen molar-refractivity contribution in [2.24, 2.45) is 0 Å². The first kappa shape index (κ1) is 20.6. The molecule has 0 unspecified atom stereocenters. The molecule has 0 aliphatic rings. The van der Waals surface area contributed by atoms with Gasteiger partial charge in [0, 0.05) is 5.69 Å². The second kappa shape index (κ2) is 9.89. The van der Waals surface area contributed by atoms with Crippen LogP contribution in [0.5, 0.6) is 5.75 Å². The average molecular weight is 400 g/mol. The minimum absolute atomic E-state index is 0.197. The lowest BCUT2D eigenvalue weighted by molar-refractivity contribution is -0.142. The van der Waals surface area contributed by atoms with Crippen LogP contribution in [-0.2, 0) is 14.3 Å². The van der Waals surface area contributed by atoms with Crippen molar-refractivity contribution >= 4 is 34.4 Å². The van der Waals surface area contributed by atoms with E-state index in [1.165, 1.54) is 6.08 Å². The second-order valence-corrected chi connectivity index (χ2v) is 6.36. The first-order valence-electron chi connectivity index (χ1n) is 9.39. The molecule has 0 saturated heterocycles. The number of nitriles is 1. The molecule has 0 aliphatic heterocycles. The number of ether oxygens (including phenoxy) is 2. The third-order valence-corrected chi connectivity index (χ3v) is 4.21. The number of carbonyl (C=O) groups is 2. The number of benzene rings is 3. The number of nitrogens with one attached hydrogen (secondary N) is 1. The van der Waals surface area contributed by atoms with Crippen LogP contribution in [0, 0.1) is 11.3 Å². The van der Waals surface area contributed by atoms with Gasteiger partial charge in [-0.05, 0) is 53.6 Å². The van der Waals surface area contributed by atoms with Crippen LogP contribution in [0.3, 0.4) is 0 Å². The molecule has 3 aromatic carbocycles. The fourth-order valence-corrected chi connectivity index (χ4v) is 2.80. The molecule has 6 heteroatoms. The largest absolute Gasteiger partial charge is 0.494 e. The Balaban J connectivity index is 1.58. The summed E-state index contributed by atoms with van der Waals surface area (Å²) in [7, 11) is 0. The third kappa shape index (κ3) is 5.46. The van der Waals surface area contributed by atoms with E-state index in [-0.39, 0.29) is 5.57 Å². The molecule has 0 fully saturated rings. The molecule has 0 aromatic heterocycles. The first-order valence-corrected chi connectivity index (χ1v) is 9.39. The topological polar surface area (TPSA) is 88.4 Å². The van der Waals surface area contributed by atoms with Crippen molar-refractivity contribution in [3.8, 4) is 11.8 Å². The number of rotatable bonds is 7. The molecule has 0 atom stereocenters. The zero-order valence-electron chi connectivity index (χ0n) is 16.4. The van der Waals surface area contributed by atoms with Gasteiger partial charge >= 0.3 is 5.97 Å². The Bertz CT molecular complexity index is 1130. The smallest absolute Gasteiger partial charge is 0.349 e. The summed E-state index contributed by atoms with van der Waals surface area (Å²) < 4.78 is 10.3. The van der Waals surface area contributed by atoms with Crippen LogP contribution in [0.1, 0.15) is 12.5 Å². The molecule has 0 aliphatic carbocycles. The van der Waals surface area contributed by atoms with Crippen molar-refractivity contribution in [1.82, 2.24) is 0 Å². The number of hydrogen-bond acceptors (Lipinski definition) is 5. The fourth-order valence-electron chi connectivity index (χ4n) is 2.80. The molecule has 1 N–H and O–H groups in total. The lowest BCUT2D eigenvalue weighted by Crippen LogP contribution is -2.21.